The van der Waals surface area contributed by atoms with Gasteiger partial charge in [0.25, 0.3) is 0 Å². The van der Waals surface area contributed by atoms with Gasteiger partial charge < -0.3 is 14.4 Å². The Morgan fingerprint density at radius 3 is 1.62 bits per heavy atom. The third kappa shape index (κ3) is 7.42. The Bertz CT molecular complexity index is 374. The van der Waals surface area contributed by atoms with Gasteiger partial charge in [-0.05, 0) is 57.0 Å². The summed E-state index contributed by atoms with van der Waals surface area (Å²) in [6, 6.07) is 0. The Kier molecular flexibility index (Phi) is 12.5. The molecule has 0 aromatic carbocycles. The van der Waals surface area contributed by atoms with E-state index in [1.807, 2.05) is 0 Å². The van der Waals surface area contributed by atoms with Gasteiger partial charge in [-0.1, -0.05) is 7.60 Å². The minimum Gasteiger partial charge on any atom is -0.811 e. The van der Waals surface area contributed by atoms with Crippen molar-refractivity contribution in [3.63, 3.8) is 0 Å². The molecule has 0 saturated heterocycles. The average molecular weight is 368 g/mol. The van der Waals surface area contributed by atoms with Crippen LogP contribution in [0.3, 0.4) is 0 Å². The maximum absolute atomic E-state index is 13.0. The third-order valence-electron chi connectivity index (χ3n) is 4.61. The average Bonchev–Trinajstić information content (AvgIpc) is 2.38. The summed E-state index contributed by atoms with van der Waals surface area (Å²) in [6.07, 6.45) is 2.97. The van der Waals surface area contributed by atoms with Crippen LogP contribution in [0.4, 0.5) is 4.39 Å². The first-order chi connectivity index (χ1) is 8.88. The molecular weight excluding hydrogens is 348 g/mol. The van der Waals surface area contributed by atoms with Gasteiger partial charge in [0.2, 0.25) is 0 Å². The Balaban J connectivity index is 0.00000200. The van der Waals surface area contributed by atoms with Crippen molar-refractivity contribution in [2.45, 2.75) is 63.2 Å². The monoisotopic (exact) mass is 368 g/mol. The van der Waals surface area contributed by atoms with Gasteiger partial charge in [0.15, 0.2) is 0 Å². The largest absolute Gasteiger partial charge is 1.00 e. The van der Waals surface area contributed by atoms with E-state index in [0.717, 1.165) is 0 Å². The number of hydrogen-bond donors (Lipinski definition) is 0. The first-order valence-corrected chi connectivity index (χ1v) is 8.68. The summed E-state index contributed by atoms with van der Waals surface area (Å²) < 4.78 is 24.0. The van der Waals surface area contributed by atoms with Crippen molar-refractivity contribution in [1.29, 1.82) is 0 Å². The number of halogens is 1. The van der Waals surface area contributed by atoms with Crippen LogP contribution in [0.5, 0.6) is 0 Å². The summed E-state index contributed by atoms with van der Waals surface area (Å²) in [5, 5.41) is 0. The van der Waals surface area contributed by atoms with Crippen LogP contribution >= 0.6 is 7.60 Å². The summed E-state index contributed by atoms with van der Waals surface area (Å²) in [7, 11) is -4.50. The molecule has 4 nitrogen and oxygen atoms in total. The van der Waals surface area contributed by atoms with Gasteiger partial charge in [0.1, 0.15) is 12.0 Å². The van der Waals surface area contributed by atoms with Gasteiger partial charge in [-0.2, -0.15) is 0 Å². The molecule has 2 aliphatic rings. The number of hydrogen-bond acceptors (Lipinski definition) is 4. The van der Waals surface area contributed by atoms with Crippen molar-refractivity contribution in [2.24, 2.45) is 11.8 Å². The Hall–Kier alpha value is 3.02. The van der Waals surface area contributed by atoms with Crippen LogP contribution in [0.25, 0.3) is 0 Å². The first-order valence-electron chi connectivity index (χ1n) is 7.07. The van der Waals surface area contributed by atoms with Crippen molar-refractivity contribution in [3.05, 3.63) is 0 Å². The third-order valence-corrected chi connectivity index (χ3v) is 6.02. The van der Waals surface area contributed by atoms with Gasteiger partial charge in [-0.15, -0.1) is 0 Å². The van der Waals surface area contributed by atoms with E-state index in [0.29, 0.717) is 51.4 Å². The number of rotatable bonds is 3. The van der Waals surface area contributed by atoms with Crippen molar-refractivity contribution >= 4 is 13.4 Å². The van der Waals surface area contributed by atoms with E-state index in [4.69, 9.17) is 0 Å². The molecule has 0 atom stereocenters. The van der Waals surface area contributed by atoms with E-state index < -0.39 is 19.4 Å². The predicted molar refractivity (Wildman–Crippen MR) is 65.2 cm³/mol. The van der Waals surface area contributed by atoms with Crippen LogP contribution in [0.15, 0.2) is 0 Å². The number of Topliss-reactive ketones (excluding diaryl/α,β-unsaturated/α-hetero) is 1. The number of ketones is 1. The van der Waals surface area contributed by atoms with Gasteiger partial charge in [-0.3, -0.25) is 4.79 Å². The fourth-order valence-corrected chi connectivity index (χ4v) is 4.28. The second-order valence-corrected chi connectivity index (χ2v) is 7.71. The van der Waals surface area contributed by atoms with E-state index in [1.165, 1.54) is 0 Å². The van der Waals surface area contributed by atoms with Crippen molar-refractivity contribution in [1.82, 2.24) is 0 Å². The minimum absolute atomic E-state index is 0. The zero-order valence-corrected chi connectivity index (χ0v) is 20.1. The predicted octanol–water partition coefficient (Wildman–Crippen LogP) is -4.44. The topological polar surface area (TPSA) is 80.3 Å². The maximum atomic E-state index is 13.0. The summed E-state index contributed by atoms with van der Waals surface area (Å²) in [4.78, 5) is 34.2. The molecule has 0 N–H and O–H groups in total. The molecule has 2 rings (SSSR count). The van der Waals surface area contributed by atoms with Crippen molar-refractivity contribution < 1.29 is 126 Å². The molecule has 2 fully saturated rings. The number of carbonyl (C=O) groups excluding carboxylic acids is 1. The molecule has 0 bridgehead atoms. The van der Waals surface area contributed by atoms with Crippen molar-refractivity contribution in [2.75, 3.05) is 0 Å². The zero-order valence-electron chi connectivity index (χ0n) is 12.9. The van der Waals surface area contributed by atoms with Crippen LogP contribution in [0.2, 0.25) is 0 Å². The molecule has 0 aromatic heterocycles. The molecule has 2 saturated carbocycles. The molecule has 0 unspecified atom stereocenters. The van der Waals surface area contributed by atoms with Gasteiger partial charge in [-0.25, -0.2) is 4.39 Å². The molecule has 0 heterocycles. The van der Waals surface area contributed by atoms with E-state index in [-0.39, 0.29) is 120 Å². The SMILES string of the molecule is O=C(C1CCC(F)CC1)C1CCC(P(=O)([O-])[O-])CC1.[K+].[K+]. The molecule has 8 heteroatoms. The quantitative estimate of drug-likeness (QED) is 0.372. The van der Waals surface area contributed by atoms with Crippen LogP contribution in [0, 0.1) is 11.8 Å². The maximum Gasteiger partial charge on any atom is 1.00 e. The summed E-state index contributed by atoms with van der Waals surface area (Å²) in [5.41, 5.74) is -0.793. The van der Waals surface area contributed by atoms with E-state index in [9.17, 15) is 23.5 Å². The van der Waals surface area contributed by atoms with E-state index >= 15 is 0 Å². The second kappa shape index (κ2) is 10.9. The van der Waals surface area contributed by atoms with Crippen molar-refractivity contribution in [3.8, 4) is 0 Å². The first kappa shape index (κ1) is 24.0. The molecule has 0 spiro atoms. The van der Waals surface area contributed by atoms with Crippen LogP contribution in [0.1, 0.15) is 51.4 Å². The standard InChI is InChI=1S/C13H22FO4P.2K/c14-11-5-1-9(2-6-11)13(15)10-3-7-12(8-4-10)19(16,17)18;;/h9-12H,1-8H2,(H2,16,17,18);;/q;2*+1/p-2. The molecule has 0 amide bonds. The zero-order chi connectivity index (χ0) is 14.0. The summed E-state index contributed by atoms with van der Waals surface area (Å²) in [6.45, 7) is 0. The van der Waals surface area contributed by atoms with Gasteiger partial charge in [0.05, 0.1) is 0 Å². The minimum atomic E-state index is -4.50. The smallest absolute Gasteiger partial charge is 0.811 e. The molecule has 2 aliphatic carbocycles. The molecule has 0 radical (unpaired) electrons. The summed E-state index contributed by atoms with van der Waals surface area (Å²) in [5.74, 6) is -0.0131. The Labute approximate surface area is 210 Å². The Morgan fingerprint density at radius 1 is 0.857 bits per heavy atom. The second-order valence-electron chi connectivity index (χ2n) is 5.90. The van der Waals surface area contributed by atoms with E-state index in [2.05, 4.69) is 0 Å². The summed E-state index contributed by atoms with van der Waals surface area (Å²) >= 11 is 0. The van der Waals surface area contributed by atoms with E-state index in [1.54, 1.807) is 0 Å². The number of carbonyl (C=O) groups is 1. The molecular formula is C13H20FK2O4P. The molecule has 0 aromatic rings. The van der Waals surface area contributed by atoms with Crippen LogP contribution in [-0.2, 0) is 9.36 Å². The molecule has 21 heavy (non-hydrogen) atoms. The fraction of sp³-hybridized carbons (Fsp3) is 0.923. The van der Waals surface area contributed by atoms with Crippen LogP contribution < -0.4 is 113 Å². The Morgan fingerprint density at radius 2 is 1.24 bits per heavy atom. The normalized spacial score (nSPS) is 33.5. The fourth-order valence-electron chi connectivity index (χ4n) is 3.35. The molecule has 110 valence electrons. The van der Waals surface area contributed by atoms with Gasteiger partial charge in [0, 0.05) is 11.8 Å². The van der Waals surface area contributed by atoms with Gasteiger partial charge >= 0.3 is 103 Å². The molecule has 0 aliphatic heterocycles. The van der Waals surface area contributed by atoms with Crippen LogP contribution in [-0.4, -0.2) is 17.6 Å². The number of alkyl halides is 1.